The lowest BCUT2D eigenvalue weighted by Crippen LogP contribution is -1.99. The van der Waals surface area contributed by atoms with Crippen molar-refractivity contribution in [2.75, 3.05) is 0 Å². The van der Waals surface area contributed by atoms with Gasteiger partial charge in [0.25, 0.3) is 0 Å². The van der Waals surface area contributed by atoms with Crippen molar-refractivity contribution in [1.29, 1.82) is 0 Å². The standard InChI is InChI=1S/C14H8Br2Cl3F/c15-9(3-7-1-2-11(17)13(19)4-7)8-5-12(18)10(16)6-14(8)20/h1-2,4-6,9H,3H2. The van der Waals surface area contributed by atoms with E-state index in [0.29, 0.717) is 31.5 Å². The summed E-state index contributed by atoms with van der Waals surface area (Å²) in [7, 11) is 0. The topological polar surface area (TPSA) is 0 Å². The largest absolute Gasteiger partial charge is 0.207 e. The molecule has 0 saturated carbocycles. The van der Waals surface area contributed by atoms with Gasteiger partial charge >= 0.3 is 0 Å². The van der Waals surface area contributed by atoms with E-state index < -0.39 is 0 Å². The Balaban J connectivity index is 2.25. The molecule has 0 aliphatic rings. The Bertz CT molecular complexity index is 647. The summed E-state index contributed by atoms with van der Waals surface area (Å²) in [6.07, 6.45) is 0.575. The summed E-state index contributed by atoms with van der Waals surface area (Å²) in [6, 6.07) is 8.33. The van der Waals surface area contributed by atoms with E-state index in [9.17, 15) is 4.39 Å². The summed E-state index contributed by atoms with van der Waals surface area (Å²) in [4.78, 5) is -0.203. The number of alkyl halides is 1. The Morgan fingerprint density at radius 1 is 1.00 bits per heavy atom. The summed E-state index contributed by atoms with van der Waals surface area (Å²) in [5.74, 6) is -0.316. The van der Waals surface area contributed by atoms with Crippen LogP contribution >= 0.6 is 66.7 Å². The molecule has 0 N–H and O–H groups in total. The molecule has 6 heteroatoms. The molecular weight excluding hydrogens is 453 g/mol. The lowest BCUT2D eigenvalue weighted by Gasteiger charge is -2.13. The highest BCUT2D eigenvalue weighted by Crippen LogP contribution is 2.35. The van der Waals surface area contributed by atoms with E-state index in [-0.39, 0.29) is 10.6 Å². The van der Waals surface area contributed by atoms with Crippen LogP contribution in [-0.2, 0) is 6.42 Å². The normalized spacial score (nSPS) is 12.5. The van der Waals surface area contributed by atoms with Crippen molar-refractivity contribution >= 4 is 66.7 Å². The highest BCUT2D eigenvalue weighted by Gasteiger charge is 2.16. The van der Waals surface area contributed by atoms with Gasteiger partial charge in [-0.3, -0.25) is 0 Å². The van der Waals surface area contributed by atoms with Crippen LogP contribution in [0.5, 0.6) is 0 Å². The molecule has 0 aromatic heterocycles. The molecule has 0 nitrogen and oxygen atoms in total. The molecule has 2 aromatic carbocycles. The first-order valence-electron chi connectivity index (χ1n) is 5.61. The molecule has 2 rings (SSSR count). The predicted octanol–water partition coefficient (Wildman–Crippen LogP) is 7.23. The number of hydrogen-bond acceptors (Lipinski definition) is 0. The van der Waals surface area contributed by atoms with Gasteiger partial charge in [-0.25, -0.2) is 4.39 Å². The monoisotopic (exact) mass is 458 g/mol. The predicted molar refractivity (Wildman–Crippen MR) is 90.9 cm³/mol. The molecule has 1 unspecified atom stereocenters. The Morgan fingerprint density at radius 3 is 2.35 bits per heavy atom. The molecule has 0 amide bonds. The van der Waals surface area contributed by atoms with Crippen molar-refractivity contribution in [3.05, 3.63) is 66.8 Å². The van der Waals surface area contributed by atoms with Gasteiger partial charge in [-0.2, -0.15) is 0 Å². The fourth-order valence-corrected chi connectivity index (χ4v) is 3.29. The summed E-state index contributed by atoms with van der Waals surface area (Å²) >= 11 is 24.5. The maximum Gasteiger partial charge on any atom is 0.128 e. The Hall–Kier alpha value is 0.200. The van der Waals surface area contributed by atoms with Gasteiger partial charge in [-0.1, -0.05) is 56.8 Å². The smallest absolute Gasteiger partial charge is 0.128 e. The average molecular weight is 461 g/mol. The van der Waals surface area contributed by atoms with Gasteiger partial charge in [0.1, 0.15) is 5.82 Å². The zero-order valence-electron chi connectivity index (χ0n) is 9.94. The van der Waals surface area contributed by atoms with Crippen molar-refractivity contribution in [2.24, 2.45) is 0 Å². The first-order valence-corrected chi connectivity index (χ1v) is 8.45. The van der Waals surface area contributed by atoms with Crippen LogP contribution in [0, 0.1) is 5.82 Å². The first-order chi connectivity index (χ1) is 9.38. The van der Waals surface area contributed by atoms with E-state index in [4.69, 9.17) is 34.8 Å². The third-order valence-corrected chi connectivity index (χ3v) is 5.53. The third kappa shape index (κ3) is 3.89. The van der Waals surface area contributed by atoms with Crippen LogP contribution < -0.4 is 0 Å². The summed E-state index contributed by atoms with van der Waals surface area (Å²) in [5, 5.41) is 1.46. The van der Waals surface area contributed by atoms with Gasteiger partial charge < -0.3 is 0 Å². The fraction of sp³-hybridized carbons (Fsp3) is 0.143. The second kappa shape index (κ2) is 6.97. The van der Waals surface area contributed by atoms with Crippen LogP contribution in [0.25, 0.3) is 0 Å². The number of halogens is 6. The van der Waals surface area contributed by atoms with Gasteiger partial charge in [-0.05, 0) is 52.2 Å². The van der Waals surface area contributed by atoms with E-state index in [0.717, 1.165) is 5.56 Å². The maximum absolute atomic E-state index is 14.0. The Labute approximate surface area is 148 Å². The van der Waals surface area contributed by atoms with Crippen LogP contribution in [0.2, 0.25) is 15.1 Å². The molecule has 1 atom stereocenters. The highest BCUT2D eigenvalue weighted by molar-refractivity contribution is 9.10. The molecule has 0 aliphatic heterocycles. The van der Waals surface area contributed by atoms with Gasteiger partial charge in [0.15, 0.2) is 0 Å². The molecule has 106 valence electrons. The van der Waals surface area contributed by atoms with Crippen LogP contribution in [0.1, 0.15) is 16.0 Å². The molecule has 20 heavy (non-hydrogen) atoms. The first kappa shape index (κ1) is 16.6. The molecule has 0 aliphatic carbocycles. The SMILES string of the molecule is Fc1cc(Br)c(Cl)cc1C(Br)Cc1ccc(Cl)c(Cl)c1. The number of hydrogen-bond donors (Lipinski definition) is 0. The Morgan fingerprint density at radius 2 is 1.70 bits per heavy atom. The van der Waals surface area contributed by atoms with Gasteiger partial charge in [0.05, 0.1) is 15.1 Å². The van der Waals surface area contributed by atoms with E-state index in [1.807, 2.05) is 6.07 Å². The van der Waals surface area contributed by atoms with Crippen LogP contribution in [-0.4, -0.2) is 0 Å². The average Bonchev–Trinajstić information content (AvgIpc) is 2.38. The molecular formula is C14H8Br2Cl3F. The quantitative estimate of drug-likeness (QED) is 0.334. The molecule has 0 saturated heterocycles. The molecule has 0 radical (unpaired) electrons. The van der Waals surface area contributed by atoms with Crippen molar-refractivity contribution in [1.82, 2.24) is 0 Å². The van der Waals surface area contributed by atoms with Gasteiger partial charge in [0, 0.05) is 14.9 Å². The molecule has 2 aromatic rings. The Kier molecular flexibility index (Phi) is 5.78. The number of benzene rings is 2. The van der Waals surface area contributed by atoms with Crippen LogP contribution in [0.4, 0.5) is 4.39 Å². The molecule has 0 spiro atoms. The van der Waals surface area contributed by atoms with Crippen LogP contribution in [0.15, 0.2) is 34.8 Å². The maximum atomic E-state index is 14.0. The summed E-state index contributed by atoms with van der Waals surface area (Å²) in [6.45, 7) is 0. The van der Waals surface area contributed by atoms with Crippen molar-refractivity contribution in [2.45, 2.75) is 11.2 Å². The van der Waals surface area contributed by atoms with Gasteiger partial charge in [-0.15, -0.1) is 0 Å². The molecule has 0 fully saturated rings. The van der Waals surface area contributed by atoms with Crippen molar-refractivity contribution in [3.63, 3.8) is 0 Å². The lowest BCUT2D eigenvalue weighted by atomic mass is 10.0. The molecule has 0 bridgehead atoms. The third-order valence-electron chi connectivity index (χ3n) is 2.78. The minimum Gasteiger partial charge on any atom is -0.207 e. The summed E-state index contributed by atoms with van der Waals surface area (Å²) in [5.41, 5.74) is 1.46. The van der Waals surface area contributed by atoms with Crippen LogP contribution in [0.3, 0.4) is 0 Å². The zero-order chi connectivity index (χ0) is 14.9. The van der Waals surface area contributed by atoms with E-state index >= 15 is 0 Å². The second-order valence-corrected chi connectivity index (χ2v) is 7.39. The van der Waals surface area contributed by atoms with Crippen molar-refractivity contribution < 1.29 is 4.39 Å². The molecule has 0 heterocycles. The van der Waals surface area contributed by atoms with E-state index in [2.05, 4.69) is 31.9 Å². The summed E-state index contributed by atoms with van der Waals surface area (Å²) < 4.78 is 14.5. The van der Waals surface area contributed by atoms with Gasteiger partial charge in [0.2, 0.25) is 0 Å². The van der Waals surface area contributed by atoms with E-state index in [1.165, 1.54) is 6.07 Å². The minimum atomic E-state index is -0.316. The zero-order valence-corrected chi connectivity index (χ0v) is 15.4. The highest BCUT2D eigenvalue weighted by atomic mass is 79.9. The minimum absolute atomic E-state index is 0.203. The van der Waals surface area contributed by atoms with E-state index in [1.54, 1.807) is 18.2 Å². The lowest BCUT2D eigenvalue weighted by molar-refractivity contribution is 0.607. The second-order valence-electron chi connectivity index (χ2n) is 4.21. The van der Waals surface area contributed by atoms with Crippen molar-refractivity contribution in [3.8, 4) is 0 Å². The fourth-order valence-electron chi connectivity index (χ4n) is 1.76. The number of rotatable bonds is 3.